The zero-order chi connectivity index (χ0) is 25.3. The highest BCUT2D eigenvalue weighted by atomic mass is 32.2. The van der Waals surface area contributed by atoms with Gasteiger partial charge in [-0.05, 0) is 48.7 Å². The summed E-state index contributed by atoms with van der Waals surface area (Å²) in [5, 5.41) is 0.668. The van der Waals surface area contributed by atoms with Crippen LogP contribution in [0.3, 0.4) is 0 Å². The van der Waals surface area contributed by atoms with E-state index < -0.39 is 21.8 Å². The second-order valence-electron chi connectivity index (χ2n) is 8.79. The van der Waals surface area contributed by atoms with E-state index in [1.54, 1.807) is 18.2 Å². The van der Waals surface area contributed by atoms with Gasteiger partial charge in [-0.1, -0.05) is 23.9 Å². The summed E-state index contributed by atoms with van der Waals surface area (Å²) in [5.74, 6) is 0.423. The van der Waals surface area contributed by atoms with E-state index in [1.165, 1.54) is 28.2 Å². The Bertz CT molecular complexity index is 1310. The van der Waals surface area contributed by atoms with Crippen molar-refractivity contribution in [2.75, 3.05) is 32.9 Å². The molecular weight excluding hydrogens is 515 g/mol. The van der Waals surface area contributed by atoms with Crippen molar-refractivity contribution >= 4 is 32.8 Å². The number of rotatable bonds is 7. The molecule has 2 saturated heterocycles. The van der Waals surface area contributed by atoms with Gasteiger partial charge in [0.2, 0.25) is 10.0 Å². The average molecular weight is 542 g/mol. The van der Waals surface area contributed by atoms with Crippen LogP contribution >= 0.6 is 11.8 Å². The Morgan fingerprint density at radius 2 is 1.81 bits per heavy atom. The molecule has 2 aliphatic heterocycles. The summed E-state index contributed by atoms with van der Waals surface area (Å²) in [7, 11) is -3.67. The first-order valence-electron chi connectivity index (χ1n) is 11.7. The number of morpholine rings is 1. The predicted octanol–water partition coefficient (Wildman–Crippen LogP) is 4.55. The summed E-state index contributed by atoms with van der Waals surface area (Å²) >= 11 is 1.40. The molecule has 36 heavy (non-hydrogen) atoms. The third kappa shape index (κ3) is 5.42. The number of benzene rings is 2. The number of hydrogen-bond acceptors (Lipinski definition) is 6. The minimum absolute atomic E-state index is 0.0320. The number of halogens is 3. The van der Waals surface area contributed by atoms with Crippen molar-refractivity contribution in [2.24, 2.45) is 0 Å². The van der Waals surface area contributed by atoms with E-state index in [1.807, 2.05) is 4.57 Å². The topological polar surface area (TPSA) is 73.7 Å². The molecule has 0 aliphatic carbocycles. The van der Waals surface area contributed by atoms with Gasteiger partial charge in [0, 0.05) is 25.4 Å². The first kappa shape index (κ1) is 25.5. The van der Waals surface area contributed by atoms with Gasteiger partial charge in [-0.25, -0.2) is 13.4 Å². The number of nitrogens with zero attached hydrogens (tertiary/aromatic N) is 3. The van der Waals surface area contributed by atoms with Crippen molar-refractivity contribution in [3.63, 3.8) is 0 Å². The standard InChI is InChI=1S/C24H26F3N3O4S2/c25-24(26,27)18-5-3-17(4-6-18)16-35-23-28-21-14-20(36(31,32)29-9-12-33-13-10-29)7-8-22(21)30(23)15-19-2-1-11-34-19/h3-8,14,19H,1-2,9-13,15-16H2. The number of thioether (sulfide) groups is 1. The Kier molecular flexibility index (Phi) is 7.32. The number of imidazole rings is 1. The van der Waals surface area contributed by atoms with Crippen LogP contribution in [0, 0.1) is 0 Å². The van der Waals surface area contributed by atoms with E-state index >= 15 is 0 Å². The lowest BCUT2D eigenvalue weighted by Crippen LogP contribution is -2.40. The SMILES string of the molecule is O=S(=O)(c1ccc2c(c1)nc(SCc1ccc(C(F)(F)F)cc1)n2CC1CCCO1)N1CCOCC1. The van der Waals surface area contributed by atoms with Crippen LogP contribution in [0.1, 0.15) is 24.0 Å². The highest BCUT2D eigenvalue weighted by Crippen LogP contribution is 2.32. The van der Waals surface area contributed by atoms with Gasteiger partial charge in [0.1, 0.15) is 0 Å². The van der Waals surface area contributed by atoms with E-state index in [-0.39, 0.29) is 11.0 Å². The number of aromatic nitrogens is 2. The van der Waals surface area contributed by atoms with E-state index in [0.29, 0.717) is 55.9 Å². The van der Waals surface area contributed by atoms with Gasteiger partial charge in [-0.15, -0.1) is 0 Å². The molecule has 2 aromatic carbocycles. The molecule has 1 aromatic heterocycles. The highest BCUT2D eigenvalue weighted by Gasteiger charge is 2.30. The maximum atomic E-state index is 13.1. The second-order valence-corrected chi connectivity index (χ2v) is 11.7. The van der Waals surface area contributed by atoms with Crippen LogP contribution in [-0.2, 0) is 38.0 Å². The molecule has 12 heteroatoms. The molecule has 0 amide bonds. The first-order chi connectivity index (χ1) is 17.2. The summed E-state index contributed by atoms with van der Waals surface area (Å²) in [6.07, 6.45) is -2.44. The zero-order valence-electron chi connectivity index (χ0n) is 19.4. The predicted molar refractivity (Wildman–Crippen MR) is 129 cm³/mol. The van der Waals surface area contributed by atoms with Crippen LogP contribution in [0.15, 0.2) is 52.5 Å². The normalized spacial score (nSPS) is 19.8. The Balaban J connectivity index is 1.43. The molecule has 3 heterocycles. The van der Waals surface area contributed by atoms with Crippen molar-refractivity contribution in [1.82, 2.24) is 13.9 Å². The van der Waals surface area contributed by atoms with Crippen molar-refractivity contribution in [2.45, 2.75) is 47.5 Å². The van der Waals surface area contributed by atoms with Crippen molar-refractivity contribution in [3.8, 4) is 0 Å². The third-order valence-corrected chi connectivity index (χ3v) is 9.29. The molecule has 7 nitrogen and oxygen atoms in total. The lowest BCUT2D eigenvalue weighted by molar-refractivity contribution is -0.137. The summed E-state index contributed by atoms with van der Waals surface area (Å²) in [4.78, 5) is 4.91. The Morgan fingerprint density at radius 1 is 1.06 bits per heavy atom. The van der Waals surface area contributed by atoms with Crippen LogP contribution < -0.4 is 0 Å². The van der Waals surface area contributed by atoms with Crippen molar-refractivity contribution < 1.29 is 31.1 Å². The maximum Gasteiger partial charge on any atom is 0.416 e. The number of sulfonamides is 1. The molecule has 0 bridgehead atoms. The molecular formula is C24H26F3N3O4S2. The zero-order valence-corrected chi connectivity index (χ0v) is 21.0. The Labute approximate surface area is 211 Å². The highest BCUT2D eigenvalue weighted by molar-refractivity contribution is 7.98. The molecule has 194 valence electrons. The summed E-state index contributed by atoms with van der Waals surface area (Å²) in [5.41, 5.74) is 1.40. The molecule has 3 aromatic rings. The smallest absolute Gasteiger partial charge is 0.379 e. The molecule has 0 radical (unpaired) electrons. The number of alkyl halides is 3. The van der Waals surface area contributed by atoms with Gasteiger partial charge in [0.25, 0.3) is 0 Å². The monoisotopic (exact) mass is 541 g/mol. The minimum Gasteiger partial charge on any atom is -0.379 e. The second kappa shape index (κ2) is 10.3. The number of ether oxygens (including phenoxy) is 2. The maximum absolute atomic E-state index is 13.1. The van der Waals surface area contributed by atoms with Gasteiger partial charge < -0.3 is 14.0 Å². The van der Waals surface area contributed by atoms with Crippen LogP contribution in [-0.4, -0.2) is 61.3 Å². The van der Waals surface area contributed by atoms with E-state index in [9.17, 15) is 21.6 Å². The number of hydrogen-bond donors (Lipinski definition) is 0. The van der Waals surface area contributed by atoms with Crippen molar-refractivity contribution in [3.05, 3.63) is 53.6 Å². The van der Waals surface area contributed by atoms with E-state index in [2.05, 4.69) is 0 Å². The third-order valence-electron chi connectivity index (χ3n) is 6.35. The lowest BCUT2D eigenvalue weighted by Gasteiger charge is -2.26. The Morgan fingerprint density at radius 3 is 2.47 bits per heavy atom. The quantitative estimate of drug-likeness (QED) is 0.409. The first-order valence-corrected chi connectivity index (χ1v) is 14.1. The molecule has 1 unspecified atom stereocenters. The van der Waals surface area contributed by atoms with E-state index in [4.69, 9.17) is 14.5 Å². The fourth-order valence-corrected chi connectivity index (χ4v) is 6.81. The van der Waals surface area contributed by atoms with E-state index in [0.717, 1.165) is 36.1 Å². The van der Waals surface area contributed by atoms with Gasteiger partial charge in [-0.3, -0.25) is 0 Å². The molecule has 5 rings (SSSR count). The summed E-state index contributed by atoms with van der Waals surface area (Å²) in [6.45, 7) is 2.61. The van der Waals surface area contributed by atoms with Gasteiger partial charge in [0.05, 0.1) is 47.4 Å². The largest absolute Gasteiger partial charge is 0.416 e. The lowest BCUT2D eigenvalue weighted by atomic mass is 10.1. The molecule has 2 fully saturated rings. The summed E-state index contributed by atoms with van der Waals surface area (Å²) < 4.78 is 79.5. The Hall–Kier alpha value is -2.12. The fourth-order valence-electron chi connectivity index (χ4n) is 4.40. The van der Waals surface area contributed by atoms with Crippen LogP contribution in [0.5, 0.6) is 0 Å². The summed E-state index contributed by atoms with van der Waals surface area (Å²) in [6, 6.07) is 10.1. The van der Waals surface area contributed by atoms with Crippen LogP contribution in [0.2, 0.25) is 0 Å². The molecule has 0 N–H and O–H groups in total. The number of fused-ring (bicyclic) bond motifs is 1. The van der Waals surface area contributed by atoms with Crippen molar-refractivity contribution in [1.29, 1.82) is 0 Å². The van der Waals surface area contributed by atoms with Crippen LogP contribution in [0.4, 0.5) is 13.2 Å². The van der Waals surface area contributed by atoms with Gasteiger partial charge in [0.15, 0.2) is 5.16 Å². The van der Waals surface area contributed by atoms with Gasteiger partial charge >= 0.3 is 6.18 Å². The molecule has 0 saturated carbocycles. The molecule has 2 aliphatic rings. The molecule has 0 spiro atoms. The minimum atomic E-state index is -4.37. The van der Waals surface area contributed by atoms with Gasteiger partial charge in [-0.2, -0.15) is 17.5 Å². The fraction of sp³-hybridized carbons (Fsp3) is 0.458. The average Bonchev–Trinajstić information content (AvgIpc) is 3.51. The van der Waals surface area contributed by atoms with Crippen LogP contribution in [0.25, 0.3) is 11.0 Å². The molecule has 1 atom stereocenters.